The molecular formula is C23H26FIN6O3. The van der Waals surface area contributed by atoms with Crippen LogP contribution in [0.4, 0.5) is 22.0 Å². The molecule has 2 heterocycles. The number of hydrogen-bond acceptors (Lipinski definition) is 7. The van der Waals surface area contributed by atoms with E-state index in [1.165, 1.54) is 6.07 Å². The van der Waals surface area contributed by atoms with E-state index in [4.69, 9.17) is 8.05 Å². The molecule has 0 saturated heterocycles. The smallest absolute Gasteiger partial charge is 0.306 e. The summed E-state index contributed by atoms with van der Waals surface area (Å²) in [6, 6.07) is 6.54. The normalized spacial score (nSPS) is 24.9. The Morgan fingerprint density at radius 1 is 1.15 bits per heavy atom. The molecule has 3 N–H and O–H groups in total. The third kappa shape index (κ3) is 4.81. The van der Waals surface area contributed by atoms with Crippen LogP contribution in [0, 0.1) is 11.7 Å². The maximum absolute atomic E-state index is 14.4. The van der Waals surface area contributed by atoms with Crippen molar-refractivity contribution in [3.63, 3.8) is 0 Å². The van der Waals surface area contributed by atoms with Gasteiger partial charge in [-0.25, -0.2) is 14.4 Å². The van der Waals surface area contributed by atoms with E-state index in [1.807, 2.05) is 27.6 Å². The van der Waals surface area contributed by atoms with Gasteiger partial charge in [-0.15, -0.1) is 0 Å². The van der Waals surface area contributed by atoms with Crippen molar-refractivity contribution in [2.24, 2.45) is 5.92 Å². The van der Waals surface area contributed by atoms with Crippen molar-refractivity contribution < 1.29 is 17.4 Å². The van der Waals surface area contributed by atoms with Crippen LogP contribution in [-0.4, -0.2) is 42.7 Å². The minimum absolute atomic E-state index is 0.112. The molecule has 11 heteroatoms. The molecular weight excluding hydrogens is 554 g/mol. The highest BCUT2D eigenvalue weighted by Crippen LogP contribution is 2.39. The van der Waals surface area contributed by atoms with Crippen LogP contribution in [0.2, 0.25) is 0 Å². The molecule has 2 saturated carbocycles. The molecule has 0 amide bonds. The fourth-order valence-corrected chi connectivity index (χ4v) is 5.48. The molecule has 9 nitrogen and oxygen atoms in total. The Labute approximate surface area is 210 Å². The van der Waals surface area contributed by atoms with E-state index in [1.54, 1.807) is 24.4 Å². The molecule has 34 heavy (non-hydrogen) atoms. The molecule has 2 aliphatic rings. The summed E-state index contributed by atoms with van der Waals surface area (Å²) in [6.45, 7) is 0. The van der Waals surface area contributed by atoms with Gasteiger partial charge in [0.05, 0.1) is 23.9 Å². The predicted molar refractivity (Wildman–Crippen MR) is 134 cm³/mol. The zero-order valence-corrected chi connectivity index (χ0v) is 20.6. The summed E-state index contributed by atoms with van der Waals surface area (Å²) in [6.07, 6.45) is 7.59. The fourth-order valence-electron chi connectivity index (χ4n) is 4.97. The van der Waals surface area contributed by atoms with Crippen LogP contribution in [-0.2, 0) is 7.86 Å². The van der Waals surface area contributed by atoms with Gasteiger partial charge >= 0.3 is 5.97 Å². The van der Waals surface area contributed by atoms with Gasteiger partial charge in [-0.3, -0.25) is 9.36 Å². The zero-order valence-electron chi connectivity index (χ0n) is 18.5. The van der Waals surface area contributed by atoms with Crippen molar-refractivity contribution in [1.82, 2.24) is 19.5 Å². The molecule has 2 aromatic heterocycles. The molecule has 0 radical (unpaired) electrons. The van der Waals surface area contributed by atoms with Crippen molar-refractivity contribution in [3.05, 3.63) is 36.3 Å². The number of anilines is 3. The summed E-state index contributed by atoms with van der Waals surface area (Å²) in [7, 11) is 0. The first-order valence-corrected chi connectivity index (χ1v) is 12.4. The van der Waals surface area contributed by atoms with Crippen LogP contribution in [0.25, 0.3) is 11.2 Å². The van der Waals surface area contributed by atoms with Gasteiger partial charge in [0.15, 0.2) is 5.65 Å². The Balaban J connectivity index is 1.47. The van der Waals surface area contributed by atoms with Crippen LogP contribution >= 0.6 is 23.0 Å². The number of imidazole rings is 1. The molecule has 1 aromatic carbocycles. The Kier molecular flexibility index (Phi) is 6.82. The van der Waals surface area contributed by atoms with Gasteiger partial charge in [0.2, 0.25) is 11.9 Å². The second kappa shape index (κ2) is 9.98. The third-order valence-electron chi connectivity index (χ3n) is 6.81. The third-order valence-corrected chi connectivity index (χ3v) is 7.52. The first kappa shape index (κ1) is 23.2. The number of halogens is 2. The molecule has 0 bridgehead atoms. The van der Waals surface area contributed by atoms with Crippen LogP contribution in [0.15, 0.2) is 30.5 Å². The number of benzene rings is 1. The lowest BCUT2D eigenvalue weighted by Gasteiger charge is -2.27. The second-order valence-corrected chi connectivity index (χ2v) is 9.53. The zero-order chi connectivity index (χ0) is 23.7. The number of carbonyl (C=O) groups is 1. The highest BCUT2D eigenvalue weighted by atomic mass is 127. The number of aromatic nitrogens is 4. The van der Waals surface area contributed by atoms with Crippen molar-refractivity contribution in [1.29, 1.82) is 0 Å². The van der Waals surface area contributed by atoms with Gasteiger partial charge in [-0.05, 0) is 57.1 Å². The Morgan fingerprint density at radius 3 is 2.65 bits per heavy atom. The summed E-state index contributed by atoms with van der Waals surface area (Å²) < 4.78 is 21.7. The fraction of sp³-hybridized carbons (Fsp3) is 0.478. The van der Waals surface area contributed by atoms with E-state index in [2.05, 4.69) is 20.6 Å². The minimum Gasteiger partial charge on any atom is -0.481 e. The summed E-state index contributed by atoms with van der Waals surface area (Å²) in [5.41, 5.74) is 1.48. The summed E-state index contributed by atoms with van der Waals surface area (Å²) in [5, 5.41) is 16.0. The molecule has 5 rings (SSSR count). The van der Waals surface area contributed by atoms with Crippen molar-refractivity contribution in [2.75, 3.05) is 10.6 Å². The molecule has 0 unspecified atom stereocenters. The summed E-state index contributed by atoms with van der Waals surface area (Å²) in [4.78, 5) is 25.5. The van der Waals surface area contributed by atoms with Crippen LogP contribution in [0.3, 0.4) is 0 Å². The number of fused-ring (bicyclic) bond motifs is 1. The summed E-state index contributed by atoms with van der Waals surface area (Å²) in [5.74, 6) is -0.660. The quantitative estimate of drug-likeness (QED) is 0.326. The molecule has 180 valence electrons. The molecule has 2 aliphatic carbocycles. The van der Waals surface area contributed by atoms with Gasteiger partial charge < -0.3 is 18.8 Å². The van der Waals surface area contributed by atoms with E-state index in [0.29, 0.717) is 54.1 Å². The number of carboxylic acids is 1. The maximum atomic E-state index is 14.4. The predicted octanol–water partition coefficient (Wildman–Crippen LogP) is 5.22. The highest BCUT2D eigenvalue weighted by molar-refractivity contribution is 14.1. The standard InChI is InChI=1S/C23H26FIN6O3/c24-17-3-1-2-4-18(17)28-23-29-19-12-26-22(27-14-6-9-16(34-25)10-7-14)30-20(19)31(23)15-8-5-13(11-15)21(32)33/h1-4,12-16H,5-11H2,(H,28,29)(H,32,33)(H,26,27,30)/t13-,14-,15+,16-/m1/s1. The van der Waals surface area contributed by atoms with Crippen molar-refractivity contribution in [3.8, 4) is 0 Å². The largest absolute Gasteiger partial charge is 0.481 e. The molecule has 0 aliphatic heterocycles. The van der Waals surface area contributed by atoms with E-state index >= 15 is 0 Å². The number of hydrogen-bond donors (Lipinski definition) is 3. The van der Waals surface area contributed by atoms with Crippen LogP contribution < -0.4 is 10.6 Å². The SMILES string of the molecule is O=C(O)[C@@H]1CC[C@H](n2c(Nc3ccccc3F)nc3cnc(N[C@H]4CC[C@H](OI)CC4)nc32)C1. The molecule has 0 spiro atoms. The Bertz CT molecular complexity index is 1180. The first-order chi connectivity index (χ1) is 16.5. The minimum atomic E-state index is -0.793. The van der Waals surface area contributed by atoms with E-state index in [-0.39, 0.29) is 12.1 Å². The topological polar surface area (TPSA) is 114 Å². The molecule has 2 fully saturated rings. The molecule has 2 atom stereocenters. The van der Waals surface area contributed by atoms with E-state index in [0.717, 1.165) is 25.7 Å². The Hall–Kier alpha value is -2.54. The van der Waals surface area contributed by atoms with Gasteiger partial charge in [-0.1, -0.05) is 12.1 Å². The number of para-hydroxylation sites is 1. The summed E-state index contributed by atoms with van der Waals surface area (Å²) >= 11 is 1.97. The second-order valence-electron chi connectivity index (χ2n) is 9.02. The van der Waals surface area contributed by atoms with Gasteiger partial charge in [0, 0.05) is 12.1 Å². The molecule has 3 aromatic rings. The number of nitrogens with one attached hydrogen (secondary N) is 2. The monoisotopic (exact) mass is 580 g/mol. The van der Waals surface area contributed by atoms with E-state index < -0.39 is 17.7 Å². The lowest BCUT2D eigenvalue weighted by Crippen LogP contribution is -2.29. The average molecular weight is 580 g/mol. The van der Waals surface area contributed by atoms with Crippen LogP contribution in [0.5, 0.6) is 0 Å². The number of carboxylic acid groups (broad SMARTS) is 1. The van der Waals surface area contributed by atoms with Crippen molar-refractivity contribution in [2.45, 2.75) is 63.1 Å². The van der Waals surface area contributed by atoms with E-state index in [9.17, 15) is 14.3 Å². The maximum Gasteiger partial charge on any atom is 0.306 e. The average Bonchev–Trinajstić information content (AvgIpc) is 3.45. The first-order valence-electron chi connectivity index (χ1n) is 11.5. The van der Waals surface area contributed by atoms with Crippen molar-refractivity contribution >= 4 is 57.7 Å². The Morgan fingerprint density at radius 2 is 1.94 bits per heavy atom. The number of rotatable bonds is 7. The number of nitrogens with zero attached hydrogens (tertiary/aromatic N) is 4. The van der Waals surface area contributed by atoms with Gasteiger partial charge in [0.25, 0.3) is 0 Å². The van der Waals surface area contributed by atoms with Gasteiger partial charge in [-0.2, -0.15) is 4.98 Å². The highest BCUT2D eigenvalue weighted by Gasteiger charge is 2.33. The lowest BCUT2D eigenvalue weighted by atomic mass is 9.93. The lowest BCUT2D eigenvalue weighted by molar-refractivity contribution is -0.141. The van der Waals surface area contributed by atoms with Gasteiger partial charge in [0.1, 0.15) is 34.3 Å². The number of aliphatic carboxylic acids is 1. The van der Waals surface area contributed by atoms with Crippen LogP contribution in [0.1, 0.15) is 51.0 Å².